The molecule has 2 rings (SSSR count). The summed E-state index contributed by atoms with van der Waals surface area (Å²) in [7, 11) is 1.83. The fraction of sp³-hybridized carbons (Fsp3) is 0.632. The predicted molar refractivity (Wildman–Crippen MR) is 119 cm³/mol. The number of aromatic hydroxyl groups is 1. The smallest absolute Gasteiger partial charge is 0.193 e. The molecular formula is C19H33IN4O2. The van der Waals surface area contributed by atoms with Crippen LogP contribution in [0.25, 0.3) is 0 Å². The number of benzene rings is 1. The molecule has 1 saturated heterocycles. The molecule has 0 spiro atoms. The highest BCUT2D eigenvalue weighted by atomic mass is 127. The quantitative estimate of drug-likeness (QED) is 0.262. The van der Waals surface area contributed by atoms with Gasteiger partial charge in [0, 0.05) is 53.0 Å². The molecule has 1 aromatic rings. The van der Waals surface area contributed by atoms with Crippen molar-refractivity contribution in [3.63, 3.8) is 0 Å². The number of piperazine rings is 1. The number of guanidine groups is 1. The summed E-state index contributed by atoms with van der Waals surface area (Å²) in [6.45, 7) is 8.23. The van der Waals surface area contributed by atoms with Crippen molar-refractivity contribution in [3.05, 3.63) is 24.3 Å². The Bertz CT molecular complexity index is 534. The molecule has 0 bridgehead atoms. The molecule has 6 nitrogen and oxygen atoms in total. The van der Waals surface area contributed by atoms with Crippen molar-refractivity contribution in [2.24, 2.45) is 4.99 Å². The summed E-state index contributed by atoms with van der Waals surface area (Å²) < 4.78 is 5.59. The Balaban J connectivity index is 0.00000338. The van der Waals surface area contributed by atoms with E-state index in [-0.39, 0.29) is 24.0 Å². The van der Waals surface area contributed by atoms with Gasteiger partial charge in [0.25, 0.3) is 0 Å². The third kappa shape index (κ3) is 7.19. The largest absolute Gasteiger partial charge is 0.506 e. The van der Waals surface area contributed by atoms with Crippen molar-refractivity contribution in [1.82, 2.24) is 10.2 Å². The van der Waals surface area contributed by atoms with Gasteiger partial charge in [-0.15, -0.1) is 24.0 Å². The number of phenols is 1. The lowest BCUT2D eigenvalue weighted by Gasteiger charge is -2.37. The summed E-state index contributed by atoms with van der Waals surface area (Å²) >= 11 is 0. The third-order valence-corrected chi connectivity index (χ3v) is 4.40. The molecule has 2 N–H and O–H groups in total. The molecule has 0 aromatic heterocycles. The van der Waals surface area contributed by atoms with E-state index >= 15 is 0 Å². The highest BCUT2D eigenvalue weighted by Crippen LogP contribution is 2.27. The molecule has 1 fully saturated rings. The number of unbranched alkanes of at least 4 members (excludes halogenated alkanes) is 1. The van der Waals surface area contributed by atoms with Crippen molar-refractivity contribution in [2.45, 2.75) is 26.2 Å². The average Bonchev–Trinajstić information content (AvgIpc) is 2.65. The van der Waals surface area contributed by atoms with E-state index in [9.17, 15) is 5.11 Å². The third-order valence-electron chi connectivity index (χ3n) is 4.40. The number of halogens is 1. The van der Waals surface area contributed by atoms with Gasteiger partial charge >= 0.3 is 0 Å². The summed E-state index contributed by atoms with van der Waals surface area (Å²) in [5.74, 6) is 1.30. The van der Waals surface area contributed by atoms with Crippen LogP contribution in [0.15, 0.2) is 29.3 Å². The molecule has 26 heavy (non-hydrogen) atoms. The Morgan fingerprint density at radius 2 is 1.85 bits per heavy atom. The number of anilines is 1. The Kier molecular flexibility index (Phi) is 11.4. The molecule has 1 aromatic carbocycles. The van der Waals surface area contributed by atoms with Crippen LogP contribution in [0, 0.1) is 0 Å². The first-order valence-electron chi connectivity index (χ1n) is 9.32. The van der Waals surface area contributed by atoms with Gasteiger partial charge in [0.15, 0.2) is 5.96 Å². The Morgan fingerprint density at radius 1 is 1.15 bits per heavy atom. The highest BCUT2D eigenvalue weighted by molar-refractivity contribution is 14.0. The lowest BCUT2D eigenvalue weighted by molar-refractivity contribution is 0.129. The van der Waals surface area contributed by atoms with Gasteiger partial charge in [-0.25, -0.2) is 0 Å². The van der Waals surface area contributed by atoms with E-state index < -0.39 is 0 Å². The Labute approximate surface area is 174 Å². The summed E-state index contributed by atoms with van der Waals surface area (Å²) in [5, 5.41) is 13.4. The van der Waals surface area contributed by atoms with Crippen LogP contribution in [0.1, 0.15) is 26.2 Å². The fourth-order valence-corrected chi connectivity index (χ4v) is 2.95. The second kappa shape index (κ2) is 13.0. The molecule has 148 valence electrons. The van der Waals surface area contributed by atoms with Crippen LogP contribution >= 0.6 is 24.0 Å². The summed E-state index contributed by atoms with van der Waals surface area (Å²) in [6, 6.07) is 7.53. The van der Waals surface area contributed by atoms with E-state index in [0.29, 0.717) is 5.75 Å². The Morgan fingerprint density at radius 3 is 2.50 bits per heavy atom. The van der Waals surface area contributed by atoms with E-state index in [1.807, 2.05) is 25.2 Å². The van der Waals surface area contributed by atoms with Gasteiger partial charge in [-0.3, -0.25) is 4.99 Å². The number of rotatable bonds is 8. The molecule has 1 aliphatic heterocycles. The molecule has 1 heterocycles. The zero-order chi connectivity index (χ0) is 17.9. The van der Waals surface area contributed by atoms with Gasteiger partial charge < -0.3 is 25.0 Å². The van der Waals surface area contributed by atoms with Crippen molar-refractivity contribution >= 4 is 35.6 Å². The first-order chi connectivity index (χ1) is 12.3. The maximum Gasteiger partial charge on any atom is 0.193 e. The number of hydrogen-bond donors (Lipinski definition) is 2. The topological polar surface area (TPSA) is 60.3 Å². The van der Waals surface area contributed by atoms with E-state index in [2.05, 4.69) is 27.0 Å². The molecule has 0 unspecified atom stereocenters. The van der Waals surface area contributed by atoms with Gasteiger partial charge in [0.2, 0.25) is 0 Å². The van der Waals surface area contributed by atoms with E-state index in [1.165, 1.54) is 6.42 Å². The average molecular weight is 476 g/mol. The molecule has 0 atom stereocenters. The number of ether oxygens (including phenoxy) is 1. The van der Waals surface area contributed by atoms with Gasteiger partial charge in [0.05, 0.1) is 5.69 Å². The van der Waals surface area contributed by atoms with Crippen LogP contribution in [-0.4, -0.2) is 69.0 Å². The Hall–Kier alpha value is -1.22. The van der Waals surface area contributed by atoms with E-state index in [0.717, 1.165) is 70.4 Å². The second-order valence-electron chi connectivity index (χ2n) is 6.26. The normalized spacial score (nSPS) is 14.9. The van der Waals surface area contributed by atoms with Gasteiger partial charge in [-0.2, -0.15) is 0 Å². The first kappa shape index (κ1) is 22.8. The van der Waals surface area contributed by atoms with Crippen LogP contribution in [0.3, 0.4) is 0 Å². The van der Waals surface area contributed by atoms with Crippen molar-refractivity contribution in [3.8, 4) is 5.75 Å². The minimum atomic E-state index is 0. The van der Waals surface area contributed by atoms with Crippen LogP contribution in [-0.2, 0) is 4.74 Å². The molecule has 0 aliphatic carbocycles. The maximum absolute atomic E-state index is 10.0. The van der Waals surface area contributed by atoms with Crippen molar-refractivity contribution in [2.75, 3.05) is 57.9 Å². The molecule has 0 radical (unpaired) electrons. The molecule has 1 aliphatic rings. The summed E-state index contributed by atoms with van der Waals surface area (Å²) in [5.41, 5.74) is 0.911. The second-order valence-corrected chi connectivity index (χ2v) is 6.26. The van der Waals surface area contributed by atoms with Gasteiger partial charge in [0.1, 0.15) is 5.75 Å². The standard InChI is InChI=1S/C19H32N4O2.HI/c1-3-4-15-25-16-7-10-21-19(20-2)23-13-11-22(12-14-23)17-8-5-6-9-18(17)24;/h5-6,8-9,24H,3-4,7,10-16H2,1-2H3,(H,20,21);1H. The van der Waals surface area contributed by atoms with Crippen LogP contribution in [0.2, 0.25) is 0 Å². The number of nitrogens with zero attached hydrogens (tertiary/aromatic N) is 3. The number of aliphatic imine (C=N–C) groups is 1. The highest BCUT2D eigenvalue weighted by Gasteiger charge is 2.21. The van der Waals surface area contributed by atoms with E-state index in [4.69, 9.17) is 4.74 Å². The molecule has 7 heteroatoms. The van der Waals surface area contributed by atoms with Crippen molar-refractivity contribution in [1.29, 1.82) is 0 Å². The fourth-order valence-electron chi connectivity index (χ4n) is 2.95. The van der Waals surface area contributed by atoms with E-state index in [1.54, 1.807) is 6.07 Å². The zero-order valence-corrected chi connectivity index (χ0v) is 18.3. The molecule has 0 amide bonds. The van der Waals surface area contributed by atoms with Crippen LogP contribution in [0.5, 0.6) is 5.75 Å². The SMILES string of the molecule is CCCCOCCCNC(=NC)N1CCN(c2ccccc2O)CC1.I. The summed E-state index contributed by atoms with van der Waals surface area (Å²) in [6.07, 6.45) is 3.30. The summed E-state index contributed by atoms with van der Waals surface area (Å²) in [4.78, 5) is 8.89. The minimum Gasteiger partial charge on any atom is -0.506 e. The maximum atomic E-state index is 10.0. The van der Waals surface area contributed by atoms with Crippen LogP contribution < -0.4 is 10.2 Å². The van der Waals surface area contributed by atoms with Crippen LogP contribution in [0.4, 0.5) is 5.69 Å². The van der Waals surface area contributed by atoms with Gasteiger partial charge in [-0.05, 0) is 25.0 Å². The molecular weight excluding hydrogens is 443 g/mol. The number of para-hydroxylation sites is 2. The monoisotopic (exact) mass is 476 g/mol. The number of phenolic OH excluding ortho intramolecular Hbond substituents is 1. The van der Waals surface area contributed by atoms with Gasteiger partial charge in [-0.1, -0.05) is 25.5 Å². The molecule has 0 saturated carbocycles. The number of hydrogen-bond acceptors (Lipinski definition) is 4. The lowest BCUT2D eigenvalue weighted by atomic mass is 10.2. The zero-order valence-electron chi connectivity index (χ0n) is 16.0. The predicted octanol–water partition coefficient (Wildman–Crippen LogP) is 2.91. The number of nitrogens with one attached hydrogen (secondary N) is 1. The minimum absolute atomic E-state index is 0. The first-order valence-corrected chi connectivity index (χ1v) is 9.32. The van der Waals surface area contributed by atoms with Crippen molar-refractivity contribution < 1.29 is 9.84 Å². The lowest BCUT2D eigenvalue weighted by Crippen LogP contribution is -2.52.